The number of anilines is 1. The zero-order valence-electron chi connectivity index (χ0n) is 7.35. The van der Waals surface area contributed by atoms with Gasteiger partial charge in [-0.3, -0.25) is 4.72 Å². The third-order valence-corrected chi connectivity index (χ3v) is 2.23. The minimum Gasteiger partial charge on any atom is -0.281 e. The fourth-order valence-electron chi connectivity index (χ4n) is 1.15. The highest BCUT2D eigenvalue weighted by molar-refractivity contribution is 7.92. The molecule has 0 spiro atoms. The first-order valence-electron chi connectivity index (χ1n) is 3.83. The van der Waals surface area contributed by atoms with Crippen LogP contribution >= 0.6 is 0 Å². The van der Waals surface area contributed by atoms with Gasteiger partial charge in [0.15, 0.2) is 0 Å². The van der Waals surface area contributed by atoms with Crippen molar-refractivity contribution in [3.05, 3.63) is 18.2 Å². The van der Waals surface area contributed by atoms with E-state index in [2.05, 4.69) is 20.1 Å². The van der Waals surface area contributed by atoms with E-state index in [-0.39, 0.29) is 0 Å². The van der Waals surface area contributed by atoms with Crippen molar-refractivity contribution in [3.63, 3.8) is 0 Å². The Balaban J connectivity index is 2.57. The third kappa shape index (κ3) is 1.67. The van der Waals surface area contributed by atoms with Crippen molar-refractivity contribution in [2.24, 2.45) is 0 Å². The lowest BCUT2D eigenvalue weighted by molar-refractivity contribution is 0.607. The van der Waals surface area contributed by atoms with Crippen LogP contribution < -0.4 is 4.72 Å². The molecule has 1 aromatic carbocycles. The van der Waals surface area contributed by atoms with Gasteiger partial charge < -0.3 is 0 Å². The Morgan fingerprint density at radius 1 is 1.36 bits per heavy atom. The summed E-state index contributed by atoms with van der Waals surface area (Å²) < 4.78 is 24.4. The van der Waals surface area contributed by atoms with Crippen molar-refractivity contribution >= 4 is 26.7 Å². The lowest BCUT2D eigenvalue weighted by Crippen LogP contribution is -2.09. The van der Waals surface area contributed by atoms with E-state index in [0.29, 0.717) is 16.7 Å². The Bertz CT molecular complexity index is 560. The fraction of sp³-hybridized carbons (Fsp3) is 0.143. The van der Waals surface area contributed by atoms with E-state index in [9.17, 15) is 8.42 Å². The van der Waals surface area contributed by atoms with Gasteiger partial charge >= 0.3 is 0 Å². The number of fused-ring (bicyclic) bond motifs is 1. The second-order valence-electron chi connectivity index (χ2n) is 2.87. The summed E-state index contributed by atoms with van der Waals surface area (Å²) in [5, 5.41) is 10.1. The van der Waals surface area contributed by atoms with E-state index in [1.807, 2.05) is 0 Å². The van der Waals surface area contributed by atoms with E-state index in [0.717, 1.165) is 6.26 Å². The second kappa shape index (κ2) is 2.95. The number of hydrogen-bond acceptors (Lipinski definition) is 4. The molecule has 2 N–H and O–H groups in total. The van der Waals surface area contributed by atoms with Gasteiger partial charge in [-0.1, -0.05) is 6.07 Å². The summed E-state index contributed by atoms with van der Waals surface area (Å²) >= 11 is 0. The zero-order valence-corrected chi connectivity index (χ0v) is 8.17. The number of para-hydroxylation sites is 1. The zero-order chi connectivity index (χ0) is 10.2. The predicted octanol–water partition coefficient (Wildman–Crippen LogP) is 0.329. The van der Waals surface area contributed by atoms with Crippen LogP contribution in [0.15, 0.2) is 18.2 Å². The number of nitrogens with zero attached hydrogens (tertiary/aromatic N) is 2. The molecule has 0 saturated carbocycles. The van der Waals surface area contributed by atoms with Gasteiger partial charge in [0.25, 0.3) is 0 Å². The molecule has 0 atom stereocenters. The Kier molecular flexibility index (Phi) is 1.88. The maximum absolute atomic E-state index is 11.0. The van der Waals surface area contributed by atoms with E-state index in [1.54, 1.807) is 18.2 Å². The summed E-state index contributed by atoms with van der Waals surface area (Å²) in [5.74, 6) is 0. The van der Waals surface area contributed by atoms with Gasteiger partial charge in [-0.2, -0.15) is 15.4 Å². The normalized spacial score (nSPS) is 11.8. The van der Waals surface area contributed by atoms with E-state index < -0.39 is 10.0 Å². The van der Waals surface area contributed by atoms with Crippen LogP contribution in [0.3, 0.4) is 0 Å². The van der Waals surface area contributed by atoms with Crippen LogP contribution in [0.5, 0.6) is 0 Å². The molecule has 1 heterocycles. The average molecular weight is 212 g/mol. The van der Waals surface area contributed by atoms with Crippen LogP contribution in [0, 0.1) is 0 Å². The summed E-state index contributed by atoms with van der Waals surface area (Å²) in [7, 11) is -3.28. The maximum atomic E-state index is 11.0. The molecule has 7 heteroatoms. The van der Waals surface area contributed by atoms with Gasteiger partial charge in [0, 0.05) is 0 Å². The van der Waals surface area contributed by atoms with Crippen LogP contribution in [0.25, 0.3) is 11.0 Å². The van der Waals surface area contributed by atoms with Gasteiger partial charge in [0.2, 0.25) is 10.0 Å². The van der Waals surface area contributed by atoms with Gasteiger partial charge in [0.1, 0.15) is 11.0 Å². The molecule has 0 aliphatic heterocycles. The molecular formula is C7H8N4O2S. The standard InChI is InChI=1S/C7H8N4O2S/c1-14(12,13)10-6-4-2-3-5-7(6)9-11-8-5/h2-4,10H,1H3,(H,8,9,11). The molecule has 0 aliphatic carbocycles. The van der Waals surface area contributed by atoms with Gasteiger partial charge in [-0.15, -0.1) is 0 Å². The van der Waals surface area contributed by atoms with Gasteiger partial charge in [-0.25, -0.2) is 8.42 Å². The summed E-state index contributed by atoms with van der Waals surface area (Å²) in [4.78, 5) is 0. The first-order valence-corrected chi connectivity index (χ1v) is 5.73. The van der Waals surface area contributed by atoms with Gasteiger partial charge in [-0.05, 0) is 12.1 Å². The molecule has 14 heavy (non-hydrogen) atoms. The van der Waals surface area contributed by atoms with Crippen molar-refractivity contribution in [2.75, 3.05) is 11.0 Å². The molecule has 0 fully saturated rings. The number of H-pyrrole nitrogens is 1. The van der Waals surface area contributed by atoms with Crippen LogP contribution in [0.2, 0.25) is 0 Å². The molecule has 1 aromatic heterocycles. The highest BCUT2D eigenvalue weighted by atomic mass is 32.2. The van der Waals surface area contributed by atoms with E-state index >= 15 is 0 Å². The first-order chi connectivity index (χ1) is 6.56. The molecule has 6 nitrogen and oxygen atoms in total. The lowest BCUT2D eigenvalue weighted by atomic mass is 10.3. The third-order valence-electron chi connectivity index (χ3n) is 1.64. The second-order valence-corrected chi connectivity index (χ2v) is 4.62. The molecule has 0 bridgehead atoms. The minimum absolute atomic E-state index is 0.429. The lowest BCUT2D eigenvalue weighted by Gasteiger charge is -2.02. The maximum Gasteiger partial charge on any atom is 0.229 e. The number of sulfonamides is 1. The van der Waals surface area contributed by atoms with Crippen molar-refractivity contribution in [1.82, 2.24) is 15.4 Å². The van der Waals surface area contributed by atoms with Crippen molar-refractivity contribution in [2.45, 2.75) is 0 Å². The minimum atomic E-state index is -3.28. The topological polar surface area (TPSA) is 87.7 Å². The SMILES string of the molecule is CS(=O)(=O)Nc1cccc2n[nH]nc12. The smallest absolute Gasteiger partial charge is 0.229 e. The summed E-state index contributed by atoms with van der Waals surface area (Å²) in [6.07, 6.45) is 1.09. The van der Waals surface area contributed by atoms with Crippen molar-refractivity contribution in [1.29, 1.82) is 0 Å². The average Bonchev–Trinajstić information content (AvgIpc) is 2.49. The van der Waals surface area contributed by atoms with Gasteiger partial charge in [0.05, 0.1) is 11.9 Å². The highest BCUT2D eigenvalue weighted by Gasteiger charge is 2.07. The Labute approximate surface area is 80.4 Å². The Morgan fingerprint density at radius 3 is 2.86 bits per heavy atom. The van der Waals surface area contributed by atoms with E-state index in [1.165, 1.54) is 0 Å². The fourth-order valence-corrected chi connectivity index (χ4v) is 1.71. The molecule has 0 saturated heterocycles. The number of aromatic amines is 1. The number of rotatable bonds is 2. The number of benzene rings is 1. The molecule has 2 aromatic rings. The van der Waals surface area contributed by atoms with Crippen molar-refractivity contribution < 1.29 is 8.42 Å². The van der Waals surface area contributed by atoms with Crippen LogP contribution in [-0.2, 0) is 10.0 Å². The monoisotopic (exact) mass is 212 g/mol. The highest BCUT2D eigenvalue weighted by Crippen LogP contribution is 2.19. The predicted molar refractivity (Wildman–Crippen MR) is 52.4 cm³/mol. The van der Waals surface area contributed by atoms with Crippen molar-refractivity contribution in [3.8, 4) is 0 Å². The Morgan fingerprint density at radius 2 is 2.14 bits per heavy atom. The molecule has 0 amide bonds. The summed E-state index contributed by atoms with van der Waals surface area (Å²) in [6.45, 7) is 0. The molecule has 2 rings (SSSR count). The van der Waals surface area contributed by atoms with E-state index in [4.69, 9.17) is 0 Å². The number of aromatic nitrogens is 3. The Hall–Kier alpha value is -1.63. The summed E-state index contributed by atoms with van der Waals surface area (Å²) in [5.41, 5.74) is 1.57. The molecule has 0 radical (unpaired) electrons. The largest absolute Gasteiger partial charge is 0.281 e. The number of nitrogens with one attached hydrogen (secondary N) is 2. The first kappa shape index (κ1) is 8.95. The number of hydrogen-bond donors (Lipinski definition) is 2. The summed E-state index contributed by atoms with van der Waals surface area (Å²) in [6, 6.07) is 5.08. The quantitative estimate of drug-likeness (QED) is 0.750. The van der Waals surface area contributed by atoms with Crippen LogP contribution in [0.1, 0.15) is 0 Å². The molecule has 0 unspecified atom stereocenters. The molecule has 0 aliphatic rings. The molecular weight excluding hydrogens is 204 g/mol. The van der Waals surface area contributed by atoms with Crippen LogP contribution in [0.4, 0.5) is 5.69 Å². The molecule has 74 valence electrons. The van der Waals surface area contributed by atoms with Crippen LogP contribution in [-0.4, -0.2) is 30.1 Å².